The van der Waals surface area contributed by atoms with Gasteiger partial charge < -0.3 is 4.74 Å². The maximum absolute atomic E-state index is 14.4. The maximum atomic E-state index is 14.4. The molecule has 0 unspecified atom stereocenters. The third-order valence-corrected chi connectivity index (χ3v) is 6.09. The van der Waals surface area contributed by atoms with Gasteiger partial charge in [0.1, 0.15) is 5.82 Å². The Hall–Kier alpha value is -3.46. The molecule has 0 saturated heterocycles. The van der Waals surface area contributed by atoms with E-state index >= 15 is 0 Å². The Labute approximate surface area is 181 Å². The molecule has 1 aromatic heterocycles. The summed E-state index contributed by atoms with van der Waals surface area (Å²) in [4.78, 5) is 21.7. The summed E-state index contributed by atoms with van der Waals surface area (Å²) >= 11 is 0. The summed E-state index contributed by atoms with van der Waals surface area (Å²) in [6, 6.07) is 11.5. The lowest BCUT2D eigenvalue weighted by molar-refractivity contribution is 0.293. The van der Waals surface area contributed by atoms with Crippen LogP contribution in [0.3, 0.4) is 0 Å². The van der Waals surface area contributed by atoms with Gasteiger partial charge in [0, 0.05) is 13.5 Å². The Kier molecular flexibility index (Phi) is 5.85. The van der Waals surface area contributed by atoms with Crippen LogP contribution < -0.4 is 10.3 Å². The first-order valence-corrected chi connectivity index (χ1v) is 10.4. The van der Waals surface area contributed by atoms with Crippen molar-refractivity contribution in [3.8, 4) is 28.1 Å². The molecule has 0 radical (unpaired) electrons. The number of benzene rings is 2. The van der Waals surface area contributed by atoms with Crippen molar-refractivity contribution >= 4 is 5.69 Å². The Morgan fingerprint density at radius 2 is 1.90 bits per heavy atom. The highest BCUT2D eigenvalue weighted by Gasteiger charge is 2.22. The Morgan fingerprint density at radius 1 is 1.19 bits per heavy atom. The van der Waals surface area contributed by atoms with E-state index in [2.05, 4.69) is 4.85 Å². The zero-order valence-electron chi connectivity index (χ0n) is 17.7. The second-order valence-electron chi connectivity index (χ2n) is 7.96. The van der Waals surface area contributed by atoms with Crippen molar-refractivity contribution in [2.24, 2.45) is 13.0 Å². The first kappa shape index (κ1) is 20.8. The van der Waals surface area contributed by atoms with E-state index in [1.165, 1.54) is 38.5 Å². The van der Waals surface area contributed by atoms with Gasteiger partial charge in [0.15, 0.2) is 17.3 Å². The molecular formula is C25H24FN3O2. The molecule has 0 spiro atoms. The fourth-order valence-corrected chi connectivity index (χ4v) is 3.97. The average molecular weight is 417 g/mol. The topological polar surface area (TPSA) is 48.5 Å². The van der Waals surface area contributed by atoms with Gasteiger partial charge in [-0.05, 0) is 35.6 Å². The van der Waals surface area contributed by atoms with Gasteiger partial charge >= 0.3 is 0 Å². The molecule has 4 rings (SSSR count). The molecule has 0 N–H and O–H groups in total. The van der Waals surface area contributed by atoms with Crippen molar-refractivity contribution in [1.82, 2.24) is 9.55 Å². The molecule has 158 valence electrons. The van der Waals surface area contributed by atoms with Crippen LogP contribution in [0.15, 0.2) is 47.3 Å². The zero-order valence-corrected chi connectivity index (χ0v) is 17.7. The molecule has 1 fully saturated rings. The number of aryl methyl sites for hydroxylation is 1. The fraction of sp³-hybridized carbons (Fsp3) is 0.320. The van der Waals surface area contributed by atoms with Crippen LogP contribution in [0.2, 0.25) is 0 Å². The summed E-state index contributed by atoms with van der Waals surface area (Å²) in [5.41, 5.74) is 2.31. The van der Waals surface area contributed by atoms with Crippen LogP contribution in [0.25, 0.3) is 27.2 Å². The van der Waals surface area contributed by atoms with Crippen LogP contribution >= 0.6 is 0 Å². The molecule has 6 heteroatoms. The summed E-state index contributed by atoms with van der Waals surface area (Å²) < 4.78 is 21.0. The Morgan fingerprint density at radius 3 is 2.48 bits per heavy atom. The van der Waals surface area contributed by atoms with Crippen LogP contribution in [-0.2, 0) is 13.5 Å². The monoisotopic (exact) mass is 417 g/mol. The molecule has 2 aromatic carbocycles. The zero-order chi connectivity index (χ0) is 22.0. The molecule has 1 saturated carbocycles. The minimum Gasteiger partial charge on any atom is -0.494 e. The lowest BCUT2D eigenvalue weighted by atomic mass is 9.82. The van der Waals surface area contributed by atoms with Crippen LogP contribution in [0, 0.1) is 18.3 Å². The molecular weight excluding hydrogens is 393 g/mol. The summed E-state index contributed by atoms with van der Waals surface area (Å²) in [5, 5.41) is 0. The quantitative estimate of drug-likeness (QED) is 0.495. The number of hydrogen-bond acceptors (Lipinski definition) is 3. The van der Waals surface area contributed by atoms with Gasteiger partial charge in [-0.25, -0.2) is 14.2 Å². The number of ether oxygens (including phenoxy) is 1. The van der Waals surface area contributed by atoms with Gasteiger partial charge in [-0.15, -0.1) is 0 Å². The third-order valence-electron chi connectivity index (χ3n) is 6.09. The number of nitrogens with zero attached hydrogens (tertiary/aromatic N) is 3. The Balaban J connectivity index is 1.87. The van der Waals surface area contributed by atoms with Gasteiger partial charge in [0.25, 0.3) is 5.56 Å². The van der Waals surface area contributed by atoms with E-state index in [1.54, 1.807) is 41.9 Å². The SMILES string of the molecule is [C-]#[N+]c1ccc(-c2nc(CCC3CCC3)n(C)c(=O)c2-c2ccc(OC)c(F)c2)cc1. The minimum atomic E-state index is -0.537. The highest BCUT2D eigenvalue weighted by Crippen LogP contribution is 2.33. The van der Waals surface area contributed by atoms with Crippen LogP contribution in [0.5, 0.6) is 5.75 Å². The molecule has 0 atom stereocenters. The van der Waals surface area contributed by atoms with Crippen molar-refractivity contribution in [3.05, 3.63) is 75.9 Å². The highest BCUT2D eigenvalue weighted by molar-refractivity contribution is 5.81. The lowest BCUT2D eigenvalue weighted by Gasteiger charge is -2.25. The molecule has 3 aromatic rings. The van der Waals surface area contributed by atoms with E-state index in [1.807, 2.05) is 0 Å². The average Bonchev–Trinajstić information content (AvgIpc) is 2.75. The van der Waals surface area contributed by atoms with E-state index in [9.17, 15) is 9.18 Å². The Bertz CT molecular complexity index is 1210. The number of halogens is 1. The second-order valence-corrected chi connectivity index (χ2v) is 7.96. The lowest BCUT2D eigenvalue weighted by Crippen LogP contribution is -2.26. The molecule has 1 aliphatic carbocycles. The van der Waals surface area contributed by atoms with E-state index in [0.29, 0.717) is 28.4 Å². The van der Waals surface area contributed by atoms with Crippen molar-refractivity contribution in [3.63, 3.8) is 0 Å². The van der Waals surface area contributed by atoms with Crippen molar-refractivity contribution in [2.75, 3.05) is 7.11 Å². The maximum Gasteiger partial charge on any atom is 0.261 e. The smallest absolute Gasteiger partial charge is 0.261 e. The summed E-state index contributed by atoms with van der Waals surface area (Å²) in [7, 11) is 3.13. The largest absolute Gasteiger partial charge is 0.494 e. The van der Waals surface area contributed by atoms with Gasteiger partial charge in [0.2, 0.25) is 0 Å². The number of hydrogen-bond donors (Lipinski definition) is 0. The van der Waals surface area contributed by atoms with Gasteiger partial charge in [-0.3, -0.25) is 9.36 Å². The van der Waals surface area contributed by atoms with E-state index < -0.39 is 5.82 Å². The first-order valence-electron chi connectivity index (χ1n) is 10.4. The van der Waals surface area contributed by atoms with Crippen LogP contribution in [0.1, 0.15) is 31.5 Å². The molecule has 1 aliphatic rings. The summed E-state index contributed by atoms with van der Waals surface area (Å²) in [6.45, 7) is 7.18. The van der Waals surface area contributed by atoms with E-state index in [4.69, 9.17) is 16.3 Å². The molecule has 1 heterocycles. The molecule has 0 bridgehead atoms. The summed E-state index contributed by atoms with van der Waals surface area (Å²) in [6.07, 6.45) is 5.48. The normalized spacial score (nSPS) is 13.5. The predicted octanol–water partition coefficient (Wildman–Crippen LogP) is 5.55. The minimum absolute atomic E-state index is 0.119. The standard InChI is InChI=1S/C25H24FN3O2/c1-27-19-11-8-17(9-12-19)24-23(18-10-13-21(31-3)20(26)15-18)25(30)29(2)22(28-24)14-7-16-5-4-6-16/h8-13,15-16H,4-7,14H2,2-3H3. The molecule has 31 heavy (non-hydrogen) atoms. The van der Waals surface area contributed by atoms with Gasteiger partial charge in [-0.2, -0.15) is 0 Å². The van der Waals surface area contributed by atoms with Crippen molar-refractivity contribution in [1.29, 1.82) is 0 Å². The molecule has 0 amide bonds. The molecule has 0 aliphatic heterocycles. The first-order chi connectivity index (χ1) is 15.0. The second kappa shape index (κ2) is 8.73. The molecule has 5 nitrogen and oxygen atoms in total. The number of aromatic nitrogens is 2. The fourth-order valence-electron chi connectivity index (χ4n) is 3.97. The summed E-state index contributed by atoms with van der Waals surface area (Å²) in [5.74, 6) is 1.01. The van der Waals surface area contributed by atoms with Gasteiger partial charge in [-0.1, -0.05) is 49.6 Å². The van der Waals surface area contributed by atoms with E-state index in [-0.39, 0.29) is 11.3 Å². The number of rotatable bonds is 6. The third kappa shape index (κ3) is 4.09. The van der Waals surface area contributed by atoms with Crippen LogP contribution in [0.4, 0.5) is 10.1 Å². The predicted molar refractivity (Wildman–Crippen MR) is 119 cm³/mol. The van der Waals surface area contributed by atoms with Crippen molar-refractivity contribution in [2.45, 2.75) is 32.1 Å². The highest BCUT2D eigenvalue weighted by atomic mass is 19.1. The van der Waals surface area contributed by atoms with Crippen molar-refractivity contribution < 1.29 is 9.13 Å². The van der Waals surface area contributed by atoms with Crippen LogP contribution in [-0.4, -0.2) is 16.7 Å². The van der Waals surface area contributed by atoms with E-state index in [0.717, 1.165) is 24.2 Å². The van der Waals surface area contributed by atoms with Gasteiger partial charge in [0.05, 0.1) is 24.9 Å². The number of methoxy groups -OCH3 is 1.